The summed E-state index contributed by atoms with van der Waals surface area (Å²) in [6, 6.07) is 7.99. The van der Waals surface area contributed by atoms with Crippen molar-refractivity contribution >= 4 is 12.0 Å². The third kappa shape index (κ3) is 6.22. The molecule has 1 atom stereocenters. The van der Waals surface area contributed by atoms with E-state index in [1.807, 2.05) is 39.5 Å². The van der Waals surface area contributed by atoms with Gasteiger partial charge in [0.05, 0.1) is 0 Å². The number of piperazine rings is 1. The second-order valence-corrected chi connectivity index (χ2v) is 8.63. The van der Waals surface area contributed by atoms with Gasteiger partial charge in [-0.2, -0.15) is 0 Å². The van der Waals surface area contributed by atoms with Gasteiger partial charge in [-0.1, -0.05) is 25.1 Å². The molecule has 0 spiro atoms. The Kier molecular flexibility index (Phi) is 6.50. The summed E-state index contributed by atoms with van der Waals surface area (Å²) in [5, 5.41) is 0. The summed E-state index contributed by atoms with van der Waals surface area (Å²) in [5.74, 6) is 0.0661. The zero-order valence-electron chi connectivity index (χ0n) is 17.0. The quantitative estimate of drug-likeness (QED) is 0.740. The Morgan fingerprint density at radius 3 is 2.15 bits per heavy atom. The Labute approximate surface area is 161 Å². The Bertz CT molecular complexity index is 653. The number of amides is 2. The van der Waals surface area contributed by atoms with Crippen molar-refractivity contribution in [2.24, 2.45) is 5.41 Å². The third-order valence-corrected chi connectivity index (χ3v) is 4.79. The molecule has 27 heavy (non-hydrogen) atoms. The van der Waals surface area contributed by atoms with E-state index in [0.29, 0.717) is 19.6 Å². The molecular formula is C21H31FN2O3. The van der Waals surface area contributed by atoms with E-state index in [-0.39, 0.29) is 29.3 Å². The van der Waals surface area contributed by atoms with Gasteiger partial charge in [0.1, 0.15) is 11.4 Å². The normalized spacial score (nSPS) is 21.0. The monoisotopic (exact) mass is 378 g/mol. The Morgan fingerprint density at radius 2 is 1.74 bits per heavy atom. The van der Waals surface area contributed by atoms with Crippen LogP contribution in [0.3, 0.4) is 0 Å². The van der Waals surface area contributed by atoms with Gasteiger partial charge in [-0.05, 0) is 52.7 Å². The van der Waals surface area contributed by atoms with Crippen LogP contribution in [-0.2, 0) is 9.53 Å². The zero-order valence-corrected chi connectivity index (χ0v) is 17.0. The van der Waals surface area contributed by atoms with E-state index in [2.05, 4.69) is 0 Å². The number of hydrogen-bond donors (Lipinski definition) is 0. The minimum atomic E-state index is -0.477. The molecule has 1 aromatic carbocycles. The number of carbonyl (C=O) groups is 2. The number of nitrogens with zero attached hydrogens (tertiary/aromatic N) is 2. The predicted octanol–water partition coefficient (Wildman–Crippen LogP) is 4.08. The highest BCUT2D eigenvalue weighted by Gasteiger charge is 2.48. The van der Waals surface area contributed by atoms with Gasteiger partial charge in [0.15, 0.2) is 0 Å². The molecule has 3 rings (SSSR count). The summed E-state index contributed by atoms with van der Waals surface area (Å²) < 4.78 is 17.3. The van der Waals surface area contributed by atoms with Crippen LogP contribution in [-0.4, -0.2) is 53.1 Å². The van der Waals surface area contributed by atoms with Gasteiger partial charge >= 0.3 is 6.09 Å². The lowest BCUT2D eigenvalue weighted by molar-refractivity contribution is -0.140. The molecule has 0 N–H and O–H groups in total. The first-order chi connectivity index (χ1) is 12.5. The van der Waals surface area contributed by atoms with Crippen molar-refractivity contribution in [3.05, 3.63) is 36.1 Å². The van der Waals surface area contributed by atoms with Gasteiger partial charge in [-0.25, -0.2) is 9.18 Å². The van der Waals surface area contributed by atoms with Gasteiger partial charge < -0.3 is 14.5 Å². The number of carbonyl (C=O) groups excluding carboxylic acids is 2. The summed E-state index contributed by atoms with van der Waals surface area (Å²) in [6.45, 7) is 11.3. The van der Waals surface area contributed by atoms with Crippen LogP contribution in [0.25, 0.3) is 0 Å². The standard InChI is InChI=1S/C15H26N2O3.C6H5F/c1-11-10-16(13(19)20-14(2,3)4)8-9-17(11)12(18)15(5)6-7-15;7-6-4-2-1-3-5-6/h11H,6-10H2,1-5H3;1-5H. The van der Waals surface area contributed by atoms with Crippen LogP contribution in [0.5, 0.6) is 0 Å². The molecule has 0 bridgehead atoms. The summed E-state index contributed by atoms with van der Waals surface area (Å²) in [4.78, 5) is 28.1. The highest BCUT2D eigenvalue weighted by atomic mass is 19.1. The molecule has 1 saturated carbocycles. The van der Waals surface area contributed by atoms with Crippen LogP contribution in [0.2, 0.25) is 0 Å². The third-order valence-electron chi connectivity index (χ3n) is 4.79. The van der Waals surface area contributed by atoms with E-state index in [9.17, 15) is 14.0 Å². The lowest BCUT2D eigenvalue weighted by Crippen LogP contribution is -2.57. The second-order valence-electron chi connectivity index (χ2n) is 8.63. The molecule has 1 heterocycles. The fourth-order valence-corrected chi connectivity index (χ4v) is 2.91. The van der Waals surface area contributed by atoms with Crippen molar-refractivity contribution in [2.75, 3.05) is 19.6 Å². The number of halogens is 1. The molecule has 2 fully saturated rings. The van der Waals surface area contributed by atoms with Crippen molar-refractivity contribution in [1.29, 1.82) is 0 Å². The van der Waals surface area contributed by atoms with Crippen molar-refractivity contribution in [3.63, 3.8) is 0 Å². The van der Waals surface area contributed by atoms with Crippen LogP contribution in [0.1, 0.15) is 47.5 Å². The van der Waals surface area contributed by atoms with E-state index >= 15 is 0 Å². The number of benzene rings is 1. The summed E-state index contributed by atoms with van der Waals surface area (Å²) in [6.07, 6.45) is 1.70. The van der Waals surface area contributed by atoms with Crippen LogP contribution in [0.4, 0.5) is 9.18 Å². The Morgan fingerprint density at radius 1 is 1.15 bits per heavy atom. The van der Waals surface area contributed by atoms with Crippen molar-refractivity contribution in [3.8, 4) is 0 Å². The maximum Gasteiger partial charge on any atom is 0.410 e. The second kappa shape index (κ2) is 8.28. The van der Waals surface area contributed by atoms with Crippen LogP contribution in [0.15, 0.2) is 30.3 Å². The Balaban J connectivity index is 0.000000313. The molecule has 6 heteroatoms. The molecule has 1 aromatic rings. The average molecular weight is 378 g/mol. The molecule has 1 unspecified atom stereocenters. The number of hydrogen-bond acceptors (Lipinski definition) is 3. The molecule has 2 amide bonds. The smallest absolute Gasteiger partial charge is 0.410 e. The maximum atomic E-state index is 12.4. The maximum absolute atomic E-state index is 12.4. The fourth-order valence-electron chi connectivity index (χ4n) is 2.91. The molecule has 1 aliphatic carbocycles. The largest absolute Gasteiger partial charge is 0.444 e. The molecule has 0 aromatic heterocycles. The molecule has 150 valence electrons. The van der Waals surface area contributed by atoms with Gasteiger partial charge in [0.2, 0.25) is 5.91 Å². The predicted molar refractivity (Wildman–Crippen MR) is 103 cm³/mol. The highest BCUT2D eigenvalue weighted by molar-refractivity contribution is 5.85. The Hall–Kier alpha value is -2.11. The van der Waals surface area contributed by atoms with E-state index in [1.54, 1.807) is 23.1 Å². The van der Waals surface area contributed by atoms with Crippen molar-refractivity contribution < 1.29 is 18.7 Å². The van der Waals surface area contributed by atoms with Gasteiger partial charge in [-0.3, -0.25) is 4.79 Å². The van der Waals surface area contributed by atoms with E-state index in [1.165, 1.54) is 12.1 Å². The van der Waals surface area contributed by atoms with Gasteiger partial charge in [0, 0.05) is 31.1 Å². The van der Waals surface area contributed by atoms with Gasteiger partial charge in [-0.15, -0.1) is 0 Å². The minimum Gasteiger partial charge on any atom is -0.444 e. The lowest BCUT2D eigenvalue weighted by atomic mass is 10.1. The summed E-state index contributed by atoms with van der Waals surface area (Å²) in [7, 11) is 0. The topological polar surface area (TPSA) is 49.9 Å². The number of ether oxygens (including phenoxy) is 1. The minimum absolute atomic E-state index is 0.0567. The average Bonchev–Trinajstić information content (AvgIpc) is 3.33. The molecule has 2 aliphatic rings. The SMILES string of the molecule is CC1CN(C(=O)OC(C)(C)C)CCN1C(=O)C1(C)CC1.Fc1ccccc1. The number of rotatable bonds is 1. The fraction of sp³-hybridized carbons (Fsp3) is 0.619. The van der Waals surface area contributed by atoms with Crippen LogP contribution in [0, 0.1) is 11.2 Å². The summed E-state index contributed by atoms with van der Waals surface area (Å²) >= 11 is 0. The molecule has 1 saturated heterocycles. The zero-order chi connectivity index (χ0) is 20.2. The lowest BCUT2D eigenvalue weighted by Gasteiger charge is -2.41. The highest BCUT2D eigenvalue weighted by Crippen LogP contribution is 2.47. The summed E-state index contributed by atoms with van der Waals surface area (Å²) in [5.41, 5.74) is -0.614. The first-order valence-electron chi connectivity index (χ1n) is 9.51. The molecule has 1 aliphatic heterocycles. The molecular weight excluding hydrogens is 347 g/mol. The van der Waals surface area contributed by atoms with E-state index in [0.717, 1.165) is 12.8 Å². The first kappa shape index (κ1) is 21.2. The molecule has 5 nitrogen and oxygen atoms in total. The first-order valence-corrected chi connectivity index (χ1v) is 9.51. The molecule has 0 radical (unpaired) electrons. The van der Waals surface area contributed by atoms with Gasteiger partial charge in [0.25, 0.3) is 0 Å². The van der Waals surface area contributed by atoms with Crippen LogP contribution >= 0.6 is 0 Å². The van der Waals surface area contributed by atoms with Crippen molar-refractivity contribution in [2.45, 2.75) is 59.1 Å². The van der Waals surface area contributed by atoms with E-state index < -0.39 is 5.60 Å². The van der Waals surface area contributed by atoms with Crippen molar-refractivity contribution in [1.82, 2.24) is 9.80 Å². The van der Waals surface area contributed by atoms with Crippen LogP contribution < -0.4 is 0 Å². The van der Waals surface area contributed by atoms with E-state index in [4.69, 9.17) is 4.74 Å².